The highest BCUT2D eigenvalue weighted by molar-refractivity contribution is 5.67. The molecule has 0 saturated heterocycles. The van der Waals surface area contributed by atoms with Crippen LogP contribution in [0.1, 0.15) is 16.7 Å². The molecular weight excluding hydrogens is 421 g/mol. The summed E-state index contributed by atoms with van der Waals surface area (Å²) in [5, 5.41) is 0. The molecule has 0 fully saturated rings. The van der Waals surface area contributed by atoms with E-state index < -0.39 is 11.7 Å². The molecule has 2 aromatic carbocycles. The first kappa shape index (κ1) is 22.0. The van der Waals surface area contributed by atoms with Crippen LogP contribution < -0.4 is 14.2 Å². The number of fused-ring (bicyclic) bond motifs is 1. The zero-order valence-electron chi connectivity index (χ0n) is 17.8. The van der Waals surface area contributed by atoms with Crippen LogP contribution >= 0.6 is 0 Å². The Morgan fingerprint density at radius 1 is 1.03 bits per heavy atom. The van der Waals surface area contributed by atoms with Crippen molar-refractivity contribution in [3.63, 3.8) is 0 Å². The Labute approximate surface area is 184 Å². The lowest BCUT2D eigenvalue weighted by Gasteiger charge is -2.22. The molecule has 0 radical (unpaired) electrons. The minimum atomic E-state index is -4.40. The molecule has 32 heavy (non-hydrogen) atoms. The number of hydrogen-bond donors (Lipinski definition) is 0. The SMILES string of the molecule is COc1cccc(-c2cc3c(c(OC)c2)OCCN(Cc2ccccc2C(F)(F)F)C3)n1. The monoisotopic (exact) mass is 444 g/mol. The van der Waals surface area contributed by atoms with Crippen molar-refractivity contribution in [1.29, 1.82) is 0 Å². The van der Waals surface area contributed by atoms with Crippen LogP contribution in [-0.4, -0.2) is 37.3 Å². The fraction of sp³-hybridized carbons (Fsp3) is 0.292. The molecule has 0 aliphatic carbocycles. The van der Waals surface area contributed by atoms with Gasteiger partial charge in [-0.3, -0.25) is 4.90 Å². The van der Waals surface area contributed by atoms with Gasteiger partial charge in [-0.05, 0) is 29.8 Å². The second-order valence-electron chi connectivity index (χ2n) is 7.45. The fourth-order valence-electron chi connectivity index (χ4n) is 3.84. The second-order valence-corrected chi connectivity index (χ2v) is 7.45. The van der Waals surface area contributed by atoms with Crippen LogP contribution in [0, 0.1) is 0 Å². The van der Waals surface area contributed by atoms with Crippen molar-refractivity contribution in [2.45, 2.75) is 19.3 Å². The van der Waals surface area contributed by atoms with Crippen LogP contribution in [0.2, 0.25) is 0 Å². The summed E-state index contributed by atoms with van der Waals surface area (Å²) in [6, 6.07) is 14.9. The Morgan fingerprint density at radius 2 is 1.84 bits per heavy atom. The normalized spacial score (nSPS) is 14.3. The quantitative estimate of drug-likeness (QED) is 0.543. The number of methoxy groups -OCH3 is 2. The molecule has 1 aliphatic heterocycles. The van der Waals surface area contributed by atoms with E-state index in [-0.39, 0.29) is 12.1 Å². The van der Waals surface area contributed by atoms with Gasteiger partial charge in [0.15, 0.2) is 11.5 Å². The van der Waals surface area contributed by atoms with E-state index >= 15 is 0 Å². The number of nitrogens with zero attached hydrogens (tertiary/aromatic N) is 2. The van der Waals surface area contributed by atoms with Gasteiger partial charge >= 0.3 is 6.18 Å². The third-order valence-corrected chi connectivity index (χ3v) is 5.34. The molecule has 168 valence electrons. The Morgan fingerprint density at radius 3 is 2.59 bits per heavy atom. The van der Waals surface area contributed by atoms with Crippen molar-refractivity contribution in [1.82, 2.24) is 9.88 Å². The Kier molecular flexibility index (Phi) is 6.23. The van der Waals surface area contributed by atoms with Gasteiger partial charge in [0.1, 0.15) is 6.61 Å². The van der Waals surface area contributed by atoms with Gasteiger partial charge in [-0.2, -0.15) is 13.2 Å². The minimum absolute atomic E-state index is 0.155. The molecule has 2 heterocycles. The van der Waals surface area contributed by atoms with Gasteiger partial charge in [-0.25, -0.2) is 4.98 Å². The van der Waals surface area contributed by atoms with Gasteiger partial charge in [-0.1, -0.05) is 24.3 Å². The summed E-state index contributed by atoms with van der Waals surface area (Å²) in [7, 11) is 3.11. The number of alkyl halides is 3. The molecule has 0 spiro atoms. The molecular formula is C24H23F3N2O3. The molecule has 0 bridgehead atoms. The van der Waals surface area contributed by atoms with E-state index in [4.69, 9.17) is 14.2 Å². The minimum Gasteiger partial charge on any atom is -0.493 e. The summed E-state index contributed by atoms with van der Waals surface area (Å²) in [5.41, 5.74) is 1.95. The number of ether oxygens (including phenoxy) is 3. The first-order chi connectivity index (χ1) is 15.4. The molecule has 0 saturated carbocycles. The van der Waals surface area contributed by atoms with Crippen molar-refractivity contribution in [2.75, 3.05) is 27.4 Å². The average Bonchev–Trinajstić information content (AvgIpc) is 2.99. The number of hydrogen-bond acceptors (Lipinski definition) is 5. The fourth-order valence-corrected chi connectivity index (χ4v) is 3.84. The average molecular weight is 444 g/mol. The largest absolute Gasteiger partial charge is 0.493 e. The number of pyridine rings is 1. The van der Waals surface area contributed by atoms with Crippen LogP contribution in [0.4, 0.5) is 13.2 Å². The highest BCUT2D eigenvalue weighted by Gasteiger charge is 2.33. The van der Waals surface area contributed by atoms with Gasteiger partial charge in [-0.15, -0.1) is 0 Å². The highest BCUT2D eigenvalue weighted by Crippen LogP contribution is 2.39. The lowest BCUT2D eigenvalue weighted by atomic mass is 10.0. The number of rotatable bonds is 5. The smallest absolute Gasteiger partial charge is 0.416 e. The third-order valence-electron chi connectivity index (χ3n) is 5.34. The van der Waals surface area contributed by atoms with E-state index in [0.717, 1.165) is 17.2 Å². The van der Waals surface area contributed by atoms with E-state index in [1.165, 1.54) is 12.1 Å². The van der Waals surface area contributed by atoms with Crippen molar-refractivity contribution in [3.8, 4) is 28.6 Å². The summed E-state index contributed by atoms with van der Waals surface area (Å²) in [6.07, 6.45) is -4.40. The Bertz CT molecular complexity index is 1100. The zero-order valence-corrected chi connectivity index (χ0v) is 17.8. The summed E-state index contributed by atoms with van der Waals surface area (Å²) >= 11 is 0. The Hall–Kier alpha value is -3.26. The summed E-state index contributed by atoms with van der Waals surface area (Å²) in [4.78, 5) is 6.42. The third kappa shape index (κ3) is 4.65. The van der Waals surface area contributed by atoms with Crippen molar-refractivity contribution >= 4 is 0 Å². The summed E-state index contributed by atoms with van der Waals surface area (Å²) in [6.45, 7) is 1.39. The van der Waals surface area contributed by atoms with Crippen molar-refractivity contribution < 1.29 is 27.4 Å². The molecule has 5 nitrogen and oxygen atoms in total. The predicted octanol–water partition coefficient (Wildman–Crippen LogP) is 5.18. The van der Waals surface area contributed by atoms with Crippen LogP contribution in [0.3, 0.4) is 0 Å². The molecule has 0 atom stereocenters. The lowest BCUT2D eigenvalue weighted by molar-refractivity contribution is -0.138. The van der Waals surface area contributed by atoms with Gasteiger partial charge in [0.2, 0.25) is 5.88 Å². The zero-order chi connectivity index (χ0) is 22.7. The number of benzene rings is 2. The highest BCUT2D eigenvalue weighted by atomic mass is 19.4. The molecule has 0 unspecified atom stereocenters. The van der Waals surface area contributed by atoms with E-state index in [2.05, 4.69) is 4.98 Å². The van der Waals surface area contributed by atoms with E-state index in [1.54, 1.807) is 26.4 Å². The molecule has 0 amide bonds. The molecule has 4 rings (SSSR count). The maximum Gasteiger partial charge on any atom is 0.416 e. The molecule has 1 aliphatic rings. The molecule has 1 aromatic heterocycles. The maximum absolute atomic E-state index is 13.4. The van der Waals surface area contributed by atoms with Gasteiger partial charge in [0, 0.05) is 36.8 Å². The van der Waals surface area contributed by atoms with Gasteiger partial charge < -0.3 is 14.2 Å². The Balaban J connectivity index is 1.68. The molecule has 8 heteroatoms. The van der Waals surface area contributed by atoms with E-state index in [0.29, 0.717) is 42.8 Å². The molecule has 3 aromatic rings. The van der Waals surface area contributed by atoms with Gasteiger partial charge in [0.05, 0.1) is 25.5 Å². The van der Waals surface area contributed by atoms with E-state index in [1.807, 2.05) is 29.2 Å². The first-order valence-electron chi connectivity index (χ1n) is 10.1. The van der Waals surface area contributed by atoms with Crippen molar-refractivity contribution in [3.05, 3.63) is 71.3 Å². The maximum atomic E-state index is 13.4. The summed E-state index contributed by atoms with van der Waals surface area (Å²) < 4.78 is 57.0. The summed E-state index contributed by atoms with van der Waals surface area (Å²) in [5.74, 6) is 1.64. The number of aromatic nitrogens is 1. The first-order valence-corrected chi connectivity index (χ1v) is 10.1. The number of halogens is 3. The lowest BCUT2D eigenvalue weighted by Crippen LogP contribution is -2.26. The second kappa shape index (κ2) is 9.08. The predicted molar refractivity (Wildman–Crippen MR) is 114 cm³/mol. The van der Waals surface area contributed by atoms with E-state index in [9.17, 15) is 13.2 Å². The van der Waals surface area contributed by atoms with Gasteiger partial charge in [0.25, 0.3) is 0 Å². The van der Waals surface area contributed by atoms with Crippen LogP contribution in [0.5, 0.6) is 17.4 Å². The van der Waals surface area contributed by atoms with Crippen molar-refractivity contribution in [2.24, 2.45) is 0 Å². The van der Waals surface area contributed by atoms with Crippen LogP contribution in [-0.2, 0) is 19.3 Å². The molecule has 0 N–H and O–H groups in total. The van der Waals surface area contributed by atoms with Crippen LogP contribution in [0.15, 0.2) is 54.6 Å². The standard InChI is InChI=1S/C24H23F3N2O3/c1-30-21-13-17(20-8-5-9-22(28-20)31-2)12-18-15-29(10-11-32-23(18)21)14-16-6-3-4-7-19(16)24(25,26)27/h3-9,12-13H,10-11,14-15H2,1-2H3. The van der Waals surface area contributed by atoms with Crippen LogP contribution in [0.25, 0.3) is 11.3 Å². The topological polar surface area (TPSA) is 43.8 Å².